The van der Waals surface area contributed by atoms with Crippen LogP contribution >= 0.6 is 15.9 Å². The zero-order chi connectivity index (χ0) is 9.90. The molecule has 0 aromatic rings. The number of hydrogen-bond acceptors (Lipinski definition) is 3. The lowest BCUT2D eigenvalue weighted by Crippen LogP contribution is -2.45. The van der Waals surface area contributed by atoms with Crippen molar-refractivity contribution in [1.82, 2.24) is 4.72 Å². The van der Waals surface area contributed by atoms with Crippen LogP contribution in [0.4, 0.5) is 0 Å². The number of aliphatic hydroxyl groups is 1. The molecule has 1 rings (SSSR count). The van der Waals surface area contributed by atoms with E-state index >= 15 is 0 Å². The third-order valence-corrected chi connectivity index (χ3v) is 4.96. The van der Waals surface area contributed by atoms with E-state index in [2.05, 4.69) is 20.7 Å². The molecule has 0 bridgehead atoms. The van der Waals surface area contributed by atoms with Crippen LogP contribution in [0.25, 0.3) is 0 Å². The lowest BCUT2D eigenvalue weighted by Gasteiger charge is -2.27. The van der Waals surface area contributed by atoms with E-state index in [-0.39, 0.29) is 10.7 Å². The molecule has 0 aromatic carbocycles. The molecule has 1 saturated carbocycles. The Morgan fingerprint density at radius 3 is 2.54 bits per heavy atom. The van der Waals surface area contributed by atoms with Crippen molar-refractivity contribution >= 4 is 26.0 Å². The van der Waals surface area contributed by atoms with Crippen LogP contribution in [0, 0.1) is 0 Å². The molecule has 4 nitrogen and oxygen atoms in total. The van der Waals surface area contributed by atoms with Gasteiger partial charge in [-0.3, -0.25) is 0 Å². The van der Waals surface area contributed by atoms with Gasteiger partial charge < -0.3 is 5.11 Å². The number of alkyl halides is 1. The van der Waals surface area contributed by atoms with Crippen LogP contribution in [0.3, 0.4) is 0 Å². The van der Waals surface area contributed by atoms with Gasteiger partial charge in [0.25, 0.3) is 0 Å². The third-order valence-electron chi connectivity index (χ3n) is 2.20. The van der Waals surface area contributed by atoms with E-state index in [9.17, 15) is 13.5 Å². The Morgan fingerprint density at radius 1 is 1.38 bits per heavy atom. The van der Waals surface area contributed by atoms with E-state index in [0.29, 0.717) is 6.42 Å². The number of sulfonamides is 1. The van der Waals surface area contributed by atoms with Crippen LogP contribution < -0.4 is 4.72 Å². The van der Waals surface area contributed by atoms with E-state index in [4.69, 9.17) is 0 Å². The van der Waals surface area contributed by atoms with Gasteiger partial charge in [0.2, 0.25) is 10.0 Å². The highest BCUT2D eigenvalue weighted by atomic mass is 79.9. The van der Waals surface area contributed by atoms with Gasteiger partial charge in [0.15, 0.2) is 0 Å². The Hall–Kier alpha value is 0.350. The van der Waals surface area contributed by atoms with Crippen LogP contribution in [0.15, 0.2) is 0 Å². The van der Waals surface area contributed by atoms with Crippen molar-refractivity contribution in [3.63, 3.8) is 0 Å². The maximum atomic E-state index is 11.1. The fraction of sp³-hybridized carbons (Fsp3) is 1.00. The van der Waals surface area contributed by atoms with E-state index in [1.807, 2.05) is 0 Å². The van der Waals surface area contributed by atoms with E-state index < -0.39 is 16.1 Å². The first-order valence-electron chi connectivity index (χ1n) is 4.29. The first-order chi connectivity index (χ1) is 6.05. The molecule has 1 aliphatic carbocycles. The summed E-state index contributed by atoms with van der Waals surface area (Å²) in [5.41, 5.74) is 0. The molecule has 6 heteroatoms. The van der Waals surface area contributed by atoms with Crippen LogP contribution in [0.1, 0.15) is 25.7 Å². The van der Waals surface area contributed by atoms with E-state index in [1.165, 1.54) is 0 Å². The molecular weight excluding hydrogens is 258 g/mol. The van der Waals surface area contributed by atoms with Gasteiger partial charge in [-0.1, -0.05) is 28.8 Å². The molecular formula is C7H14BrNO3S. The van der Waals surface area contributed by atoms with Gasteiger partial charge in [0, 0.05) is 6.04 Å². The smallest absolute Gasteiger partial charge is 0.221 e. The van der Waals surface area contributed by atoms with Crippen molar-refractivity contribution in [2.75, 3.05) is 4.66 Å². The first-order valence-corrected chi connectivity index (χ1v) is 7.06. The van der Waals surface area contributed by atoms with Crippen molar-refractivity contribution in [1.29, 1.82) is 0 Å². The Labute approximate surface area is 86.9 Å². The van der Waals surface area contributed by atoms with Crippen molar-refractivity contribution < 1.29 is 13.5 Å². The summed E-state index contributed by atoms with van der Waals surface area (Å²) in [5.74, 6) is 0. The second-order valence-electron chi connectivity index (χ2n) is 3.30. The van der Waals surface area contributed by atoms with Crippen molar-refractivity contribution in [2.45, 2.75) is 37.8 Å². The molecule has 1 fully saturated rings. The monoisotopic (exact) mass is 271 g/mol. The number of halogens is 1. The molecule has 2 unspecified atom stereocenters. The number of hydrogen-bond donors (Lipinski definition) is 2. The zero-order valence-corrected chi connectivity index (χ0v) is 9.64. The van der Waals surface area contributed by atoms with E-state index in [0.717, 1.165) is 19.3 Å². The number of rotatable bonds is 3. The standard InChI is InChI=1S/C7H14BrNO3S/c8-5-13(11,12)9-6-3-1-2-4-7(6)10/h6-7,9-10H,1-5H2. The highest BCUT2D eigenvalue weighted by Crippen LogP contribution is 2.19. The predicted molar refractivity (Wildman–Crippen MR) is 54.1 cm³/mol. The average molecular weight is 272 g/mol. The minimum Gasteiger partial charge on any atom is -0.391 e. The number of aliphatic hydroxyl groups excluding tert-OH is 1. The molecule has 0 saturated heterocycles. The van der Waals surface area contributed by atoms with Crippen molar-refractivity contribution in [2.24, 2.45) is 0 Å². The summed E-state index contributed by atoms with van der Waals surface area (Å²) in [7, 11) is -3.25. The Morgan fingerprint density at radius 2 is 2.00 bits per heavy atom. The largest absolute Gasteiger partial charge is 0.391 e. The van der Waals surface area contributed by atoms with Gasteiger partial charge >= 0.3 is 0 Å². The van der Waals surface area contributed by atoms with Crippen LogP contribution in [0.5, 0.6) is 0 Å². The Kier molecular flexibility index (Phi) is 4.15. The predicted octanol–water partition coefficient (Wildman–Crippen LogP) is 0.562. The lowest BCUT2D eigenvalue weighted by atomic mass is 9.93. The first kappa shape index (κ1) is 11.4. The van der Waals surface area contributed by atoms with Crippen LogP contribution in [-0.4, -0.2) is 30.3 Å². The lowest BCUT2D eigenvalue weighted by molar-refractivity contribution is 0.101. The molecule has 0 amide bonds. The summed E-state index contributed by atoms with van der Waals surface area (Å²) in [4.78, 5) is 0. The second kappa shape index (κ2) is 4.72. The summed E-state index contributed by atoms with van der Waals surface area (Å²) in [6.07, 6.45) is 2.85. The normalized spacial score (nSPS) is 30.3. The van der Waals surface area contributed by atoms with Crippen molar-refractivity contribution in [3.05, 3.63) is 0 Å². The summed E-state index contributed by atoms with van der Waals surface area (Å²) in [6, 6.07) is -0.295. The molecule has 0 spiro atoms. The molecule has 78 valence electrons. The summed E-state index contributed by atoms with van der Waals surface area (Å²) >= 11 is 2.89. The summed E-state index contributed by atoms with van der Waals surface area (Å²) < 4.78 is 24.7. The maximum Gasteiger partial charge on any atom is 0.221 e. The van der Waals surface area contributed by atoms with Gasteiger partial charge in [0.05, 0.1) is 6.10 Å². The quantitative estimate of drug-likeness (QED) is 0.738. The second-order valence-corrected chi connectivity index (χ2v) is 6.36. The molecule has 0 aliphatic heterocycles. The SMILES string of the molecule is O=S(=O)(CBr)NC1CCCCC1O. The van der Waals surface area contributed by atoms with Crippen LogP contribution in [0.2, 0.25) is 0 Å². The van der Waals surface area contributed by atoms with Gasteiger partial charge in [0.1, 0.15) is 4.66 Å². The van der Waals surface area contributed by atoms with Crippen molar-refractivity contribution in [3.8, 4) is 0 Å². The minimum atomic E-state index is -3.25. The molecule has 0 heterocycles. The van der Waals surface area contributed by atoms with Crippen LogP contribution in [-0.2, 0) is 10.0 Å². The molecule has 0 aromatic heterocycles. The minimum absolute atomic E-state index is 0.108. The molecule has 2 N–H and O–H groups in total. The maximum absolute atomic E-state index is 11.1. The number of nitrogens with one attached hydrogen (secondary N) is 1. The highest BCUT2D eigenvalue weighted by Gasteiger charge is 2.26. The molecule has 0 radical (unpaired) electrons. The average Bonchev–Trinajstić information content (AvgIpc) is 2.09. The highest BCUT2D eigenvalue weighted by molar-refractivity contribution is 9.10. The fourth-order valence-electron chi connectivity index (χ4n) is 1.51. The van der Waals surface area contributed by atoms with Gasteiger partial charge in [-0.25, -0.2) is 13.1 Å². The third kappa shape index (κ3) is 3.53. The van der Waals surface area contributed by atoms with E-state index in [1.54, 1.807) is 0 Å². The fourth-order valence-corrected chi connectivity index (χ4v) is 2.71. The topological polar surface area (TPSA) is 66.4 Å². The van der Waals surface area contributed by atoms with Gasteiger partial charge in [-0.2, -0.15) is 0 Å². The summed E-state index contributed by atoms with van der Waals surface area (Å²) in [5, 5.41) is 9.49. The zero-order valence-electron chi connectivity index (χ0n) is 7.24. The molecule has 13 heavy (non-hydrogen) atoms. The van der Waals surface area contributed by atoms with Gasteiger partial charge in [-0.05, 0) is 12.8 Å². The summed E-state index contributed by atoms with van der Waals surface area (Å²) in [6.45, 7) is 0. The van der Waals surface area contributed by atoms with Gasteiger partial charge in [-0.15, -0.1) is 0 Å². The molecule has 1 aliphatic rings. The molecule has 2 atom stereocenters. The Balaban J connectivity index is 2.52. The Bertz CT molecular complexity index is 254.